The van der Waals surface area contributed by atoms with E-state index in [1.807, 2.05) is 37.3 Å². The number of hydrogen-bond acceptors (Lipinski definition) is 5. The summed E-state index contributed by atoms with van der Waals surface area (Å²) in [6, 6.07) is 9.33. The van der Waals surface area contributed by atoms with Gasteiger partial charge in [-0.3, -0.25) is 4.90 Å². The quantitative estimate of drug-likeness (QED) is 0.799. The molecule has 0 saturated carbocycles. The summed E-state index contributed by atoms with van der Waals surface area (Å²) >= 11 is 0. The lowest BCUT2D eigenvalue weighted by molar-refractivity contribution is -0.467. The second kappa shape index (κ2) is 5.19. The standard InChI is InChI=1S/C17H21NO5/c1-12-14(17-21-9-16(2,10-22-17)11-23-17)18(12)15(19)20-8-13-6-4-3-5-7-13/h3-7,12,14H,8-11H2,1-2H3/t12-,14-,16?,17?,18?/m0/s1. The lowest BCUT2D eigenvalue weighted by Crippen LogP contribution is -2.62. The third kappa shape index (κ3) is 2.51. The molecule has 4 fully saturated rings. The van der Waals surface area contributed by atoms with Crippen LogP contribution in [0.15, 0.2) is 30.3 Å². The molecule has 0 radical (unpaired) electrons. The molecule has 23 heavy (non-hydrogen) atoms. The normalized spacial score (nSPS) is 38.4. The van der Waals surface area contributed by atoms with Gasteiger partial charge < -0.3 is 18.9 Å². The predicted molar refractivity (Wildman–Crippen MR) is 80.4 cm³/mol. The van der Waals surface area contributed by atoms with Gasteiger partial charge in [0, 0.05) is 5.41 Å². The molecule has 0 unspecified atom stereocenters. The van der Waals surface area contributed by atoms with E-state index in [1.54, 1.807) is 4.90 Å². The molecule has 4 heterocycles. The van der Waals surface area contributed by atoms with Crippen molar-refractivity contribution < 1.29 is 23.7 Å². The molecule has 1 aromatic carbocycles. The van der Waals surface area contributed by atoms with Crippen molar-refractivity contribution >= 4 is 6.09 Å². The molecule has 2 atom stereocenters. The van der Waals surface area contributed by atoms with Crippen LogP contribution in [0, 0.1) is 5.41 Å². The van der Waals surface area contributed by atoms with Gasteiger partial charge in [0.05, 0.1) is 25.9 Å². The van der Waals surface area contributed by atoms with Crippen LogP contribution in [0.3, 0.4) is 0 Å². The zero-order valence-corrected chi connectivity index (χ0v) is 13.4. The van der Waals surface area contributed by atoms with Crippen molar-refractivity contribution in [1.82, 2.24) is 4.90 Å². The Labute approximate surface area is 135 Å². The number of benzene rings is 1. The Balaban J connectivity index is 1.38. The van der Waals surface area contributed by atoms with Crippen molar-refractivity contribution in [2.45, 2.75) is 38.5 Å². The van der Waals surface area contributed by atoms with E-state index >= 15 is 0 Å². The average molecular weight is 319 g/mol. The smallest absolute Gasteiger partial charge is 0.411 e. The molecule has 5 rings (SSSR count). The van der Waals surface area contributed by atoms with E-state index < -0.39 is 5.97 Å². The van der Waals surface area contributed by atoms with Crippen LogP contribution in [0.1, 0.15) is 19.4 Å². The van der Waals surface area contributed by atoms with Gasteiger partial charge in [0.1, 0.15) is 12.6 Å². The maximum absolute atomic E-state index is 12.3. The molecule has 4 aliphatic heterocycles. The largest absolute Gasteiger partial charge is 0.445 e. The molecular weight excluding hydrogens is 298 g/mol. The van der Waals surface area contributed by atoms with Crippen LogP contribution in [0.25, 0.3) is 0 Å². The fourth-order valence-corrected chi connectivity index (χ4v) is 3.22. The minimum absolute atomic E-state index is 0.0271. The summed E-state index contributed by atoms with van der Waals surface area (Å²) < 4.78 is 22.8. The van der Waals surface area contributed by atoms with E-state index in [-0.39, 0.29) is 30.2 Å². The van der Waals surface area contributed by atoms with Crippen molar-refractivity contribution in [3.63, 3.8) is 0 Å². The Morgan fingerprint density at radius 2 is 1.83 bits per heavy atom. The van der Waals surface area contributed by atoms with Crippen LogP contribution >= 0.6 is 0 Å². The molecular formula is C17H21NO5. The van der Waals surface area contributed by atoms with E-state index in [2.05, 4.69) is 6.92 Å². The monoisotopic (exact) mass is 319 g/mol. The summed E-state index contributed by atoms with van der Waals surface area (Å²) in [5.74, 6) is -1.12. The molecule has 4 aliphatic rings. The van der Waals surface area contributed by atoms with Gasteiger partial charge in [0.15, 0.2) is 0 Å². The Kier molecular flexibility index (Phi) is 3.37. The van der Waals surface area contributed by atoms with Gasteiger partial charge in [-0.1, -0.05) is 37.3 Å². The molecule has 6 nitrogen and oxygen atoms in total. The molecule has 0 aromatic heterocycles. The SMILES string of the molecule is C[C@H]1[C@@H](C23OCC(C)(CO2)CO3)N1C(=O)OCc1ccccc1. The lowest BCUT2D eigenvalue weighted by atomic mass is 9.91. The van der Waals surface area contributed by atoms with Gasteiger partial charge in [-0.05, 0) is 12.5 Å². The Bertz CT molecular complexity index is 580. The highest BCUT2D eigenvalue weighted by Crippen LogP contribution is 2.48. The Morgan fingerprint density at radius 3 is 2.43 bits per heavy atom. The molecule has 0 N–H and O–H groups in total. The summed E-state index contributed by atoms with van der Waals surface area (Å²) in [5.41, 5.74) is 0.873. The van der Waals surface area contributed by atoms with Crippen LogP contribution < -0.4 is 0 Å². The highest BCUT2D eigenvalue weighted by atomic mass is 16.9. The predicted octanol–water partition coefficient (Wildman–Crippen LogP) is 2.13. The number of hydrogen-bond donors (Lipinski definition) is 0. The van der Waals surface area contributed by atoms with Crippen molar-refractivity contribution in [2.75, 3.05) is 19.8 Å². The molecule has 0 aliphatic carbocycles. The van der Waals surface area contributed by atoms with Crippen LogP contribution in [0.5, 0.6) is 0 Å². The second-order valence-corrected chi connectivity index (χ2v) is 6.91. The van der Waals surface area contributed by atoms with Crippen LogP contribution in [-0.2, 0) is 25.6 Å². The zero-order valence-electron chi connectivity index (χ0n) is 13.4. The molecule has 2 bridgehead atoms. The van der Waals surface area contributed by atoms with E-state index in [4.69, 9.17) is 18.9 Å². The molecule has 124 valence electrons. The van der Waals surface area contributed by atoms with Gasteiger partial charge in [0.2, 0.25) is 0 Å². The van der Waals surface area contributed by atoms with Crippen molar-refractivity contribution in [3.05, 3.63) is 35.9 Å². The van der Waals surface area contributed by atoms with Crippen LogP contribution in [0.2, 0.25) is 0 Å². The molecule has 0 spiro atoms. The second-order valence-electron chi connectivity index (χ2n) is 6.91. The number of nitrogens with zero attached hydrogens (tertiary/aromatic N) is 1. The van der Waals surface area contributed by atoms with Crippen LogP contribution in [0.4, 0.5) is 4.79 Å². The maximum atomic E-state index is 12.3. The van der Waals surface area contributed by atoms with Gasteiger partial charge in [-0.2, -0.15) is 0 Å². The highest BCUT2D eigenvalue weighted by molar-refractivity contribution is 5.72. The molecule has 1 amide bonds. The first kappa shape index (κ1) is 14.9. The summed E-state index contributed by atoms with van der Waals surface area (Å²) in [6.07, 6.45) is -0.365. The van der Waals surface area contributed by atoms with E-state index in [0.717, 1.165) is 5.56 Å². The number of rotatable bonds is 3. The fraction of sp³-hybridized carbons (Fsp3) is 0.588. The topological polar surface area (TPSA) is 57.0 Å². The van der Waals surface area contributed by atoms with Gasteiger partial charge in [0.25, 0.3) is 0 Å². The number of ether oxygens (including phenoxy) is 4. The first-order chi connectivity index (χ1) is 11.0. The van der Waals surface area contributed by atoms with Crippen LogP contribution in [-0.4, -0.2) is 48.9 Å². The zero-order chi connectivity index (χ0) is 16.1. The van der Waals surface area contributed by atoms with Gasteiger partial charge in [-0.15, -0.1) is 0 Å². The summed E-state index contributed by atoms with van der Waals surface area (Å²) in [6.45, 7) is 6.03. The van der Waals surface area contributed by atoms with E-state index in [1.165, 1.54) is 0 Å². The number of amides is 1. The summed E-state index contributed by atoms with van der Waals surface area (Å²) in [7, 11) is 0. The Hall–Kier alpha value is -1.63. The first-order valence-electron chi connectivity index (χ1n) is 7.94. The molecule has 6 heteroatoms. The number of fused-ring (bicyclic) bond motifs is 3. The average Bonchev–Trinajstić information content (AvgIpc) is 3.27. The number of carbonyl (C=O) groups is 1. The third-order valence-electron chi connectivity index (χ3n) is 4.75. The fourth-order valence-electron chi connectivity index (χ4n) is 3.22. The highest BCUT2D eigenvalue weighted by Gasteiger charge is 2.68. The van der Waals surface area contributed by atoms with Gasteiger partial charge in [-0.25, -0.2) is 4.79 Å². The summed E-state index contributed by atoms with van der Waals surface area (Å²) in [5, 5.41) is 0. The summed E-state index contributed by atoms with van der Waals surface area (Å²) in [4.78, 5) is 13.9. The molecule has 4 saturated heterocycles. The van der Waals surface area contributed by atoms with E-state index in [9.17, 15) is 4.79 Å². The maximum Gasteiger partial charge on any atom is 0.411 e. The minimum Gasteiger partial charge on any atom is -0.445 e. The van der Waals surface area contributed by atoms with E-state index in [0.29, 0.717) is 19.8 Å². The van der Waals surface area contributed by atoms with Gasteiger partial charge >= 0.3 is 12.1 Å². The Morgan fingerprint density at radius 1 is 1.22 bits per heavy atom. The number of carbonyl (C=O) groups excluding carboxylic acids is 1. The van der Waals surface area contributed by atoms with Crippen molar-refractivity contribution in [3.8, 4) is 0 Å². The van der Waals surface area contributed by atoms with Crippen molar-refractivity contribution in [2.24, 2.45) is 5.41 Å². The molecule has 1 aromatic rings. The third-order valence-corrected chi connectivity index (χ3v) is 4.75. The van der Waals surface area contributed by atoms with Crippen molar-refractivity contribution in [1.29, 1.82) is 0 Å². The minimum atomic E-state index is -1.12. The first-order valence-corrected chi connectivity index (χ1v) is 7.94. The lowest BCUT2D eigenvalue weighted by Gasteiger charge is -2.50.